The second-order valence-corrected chi connectivity index (χ2v) is 8.06. The summed E-state index contributed by atoms with van der Waals surface area (Å²) in [6.07, 6.45) is 0.460. The number of nitrogens with one attached hydrogen (secondary N) is 1. The number of carbonyl (C=O) groups is 3. The van der Waals surface area contributed by atoms with E-state index in [4.69, 9.17) is 14.2 Å². The SMILES string of the molecule is COc1ccnc(C(=O)N[C@@H](C)C(=O)O[C@@H](C)[C@H](c2cc(F)ccc2F)C(C)C)c1OC(C)=O. The minimum atomic E-state index is -1.13. The van der Waals surface area contributed by atoms with Gasteiger partial charge in [-0.25, -0.2) is 18.6 Å². The average Bonchev–Trinajstić information content (AvgIpc) is 2.75. The summed E-state index contributed by atoms with van der Waals surface area (Å²) in [5.41, 5.74) is -0.164. The molecule has 1 amide bonds. The van der Waals surface area contributed by atoms with Gasteiger partial charge in [0.15, 0.2) is 11.4 Å². The third-order valence-corrected chi connectivity index (χ3v) is 5.09. The highest BCUT2D eigenvalue weighted by molar-refractivity contribution is 5.98. The van der Waals surface area contributed by atoms with Crippen molar-refractivity contribution in [1.82, 2.24) is 10.3 Å². The number of carbonyl (C=O) groups excluding carboxylic acids is 3. The summed E-state index contributed by atoms with van der Waals surface area (Å²) in [4.78, 5) is 40.8. The van der Waals surface area contributed by atoms with Crippen molar-refractivity contribution in [1.29, 1.82) is 0 Å². The molecule has 1 aromatic carbocycles. The number of hydrogen-bond donors (Lipinski definition) is 1. The van der Waals surface area contributed by atoms with E-state index in [0.717, 1.165) is 25.1 Å². The van der Waals surface area contributed by atoms with Crippen molar-refractivity contribution in [2.75, 3.05) is 7.11 Å². The zero-order chi connectivity index (χ0) is 25.6. The molecule has 10 heteroatoms. The molecule has 0 aliphatic carbocycles. The van der Waals surface area contributed by atoms with Crippen LogP contribution in [0.3, 0.4) is 0 Å². The average molecular weight is 478 g/mol. The lowest BCUT2D eigenvalue weighted by molar-refractivity contribution is -0.151. The number of esters is 2. The first-order chi connectivity index (χ1) is 16.0. The van der Waals surface area contributed by atoms with Gasteiger partial charge in [-0.1, -0.05) is 13.8 Å². The molecule has 0 fully saturated rings. The van der Waals surface area contributed by atoms with E-state index in [1.807, 2.05) is 0 Å². The quantitative estimate of drug-likeness (QED) is 0.547. The molecule has 1 aromatic heterocycles. The largest absolute Gasteiger partial charge is 0.493 e. The Labute approximate surface area is 196 Å². The van der Waals surface area contributed by atoms with Gasteiger partial charge < -0.3 is 19.5 Å². The van der Waals surface area contributed by atoms with E-state index in [1.165, 1.54) is 26.3 Å². The van der Waals surface area contributed by atoms with E-state index in [1.54, 1.807) is 20.8 Å². The molecule has 8 nitrogen and oxygen atoms in total. The Bertz CT molecular complexity index is 1060. The first kappa shape index (κ1) is 26.7. The molecular weight excluding hydrogens is 450 g/mol. The van der Waals surface area contributed by atoms with Gasteiger partial charge in [-0.15, -0.1) is 0 Å². The number of rotatable bonds is 9. The fourth-order valence-corrected chi connectivity index (χ4v) is 3.60. The Morgan fingerprint density at radius 1 is 1.06 bits per heavy atom. The maximum Gasteiger partial charge on any atom is 0.328 e. The number of pyridine rings is 1. The molecule has 0 saturated heterocycles. The van der Waals surface area contributed by atoms with Gasteiger partial charge in [-0.3, -0.25) is 9.59 Å². The Hall–Kier alpha value is -3.56. The van der Waals surface area contributed by atoms with Crippen LogP contribution in [0.1, 0.15) is 56.6 Å². The topological polar surface area (TPSA) is 104 Å². The van der Waals surface area contributed by atoms with Crippen molar-refractivity contribution in [2.24, 2.45) is 5.92 Å². The zero-order valence-electron chi connectivity index (χ0n) is 19.8. The van der Waals surface area contributed by atoms with Gasteiger partial charge >= 0.3 is 11.9 Å². The number of hydrogen-bond acceptors (Lipinski definition) is 7. The van der Waals surface area contributed by atoms with Crippen LogP contribution in [0.25, 0.3) is 0 Å². The van der Waals surface area contributed by atoms with E-state index < -0.39 is 47.5 Å². The van der Waals surface area contributed by atoms with Crippen molar-refractivity contribution in [2.45, 2.75) is 52.7 Å². The highest BCUT2D eigenvalue weighted by atomic mass is 19.1. The molecule has 1 N–H and O–H groups in total. The van der Waals surface area contributed by atoms with Crippen LogP contribution in [0.2, 0.25) is 0 Å². The van der Waals surface area contributed by atoms with E-state index in [-0.39, 0.29) is 28.7 Å². The maximum atomic E-state index is 14.4. The van der Waals surface area contributed by atoms with Crippen LogP contribution in [0.4, 0.5) is 8.78 Å². The summed E-state index contributed by atoms with van der Waals surface area (Å²) in [5, 5.41) is 2.44. The number of benzene rings is 1. The molecule has 2 aromatic rings. The second-order valence-electron chi connectivity index (χ2n) is 8.06. The first-order valence-electron chi connectivity index (χ1n) is 10.6. The summed E-state index contributed by atoms with van der Waals surface area (Å²) in [6.45, 7) is 7.73. The predicted molar refractivity (Wildman–Crippen MR) is 119 cm³/mol. The lowest BCUT2D eigenvalue weighted by Crippen LogP contribution is -2.42. The first-order valence-corrected chi connectivity index (χ1v) is 10.6. The number of methoxy groups -OCH3 is 1. The maximum absolute atomic E-state index is 14.4. The molecule has 1 heterocycles. The number of nitrogens with zero attached hydrogens (tertiary/aromatic N) is 1. The van der Waals surface area contributed by atoms with Gasteiger partial charge in [-0.05, 0) is 43.5 Å². The predicted octanol–water partition coefficient (Wildman–Crippen LogP) is 3.78. The molecule has 0 spiro atoms. The van der Waals surface area contributed by atoms with Crippen LogP contribution >= 0.6 is 0 Å². The summed E-state index contributed by atoms with van der Waals surface area (Å²) in [7, 11) is 1.33. The lowest BCUT2D eigenvalue weighted by Gasteiger charge is -2.29. The van der Waals surface area contributed by atoms with Crippen molar-refractivity contribution in [3.8, 4) is 11.5 Å². The monoisotopic (exact) mass is 478 g/mol. The van der Waals surface area contributed by atoms with Gasteiger partial charge in [-0.2, -0.15) is 0 Å². The third kappa shape index (κ3) is 6.49. The van der Waals surface area contributed by atoms with Gasteiger partial charge in [0.2, 0.25) is 5.75 Å². The van der Waals surface area contributed by atoms with Crippen molar-refractivity contribution in [3.63, 3.8) is 0 Å². The fraction of sp³-hybridized carbons (Fsp3) is 0.417. The molecule has 0 radical (unpaired) electrons. The zero-order valence-corrected chi connectivity index (χ0v) is 19.8. The summed E-state index contributed by atoms with van der Waals surface area (Å²) < 4.78 is 43.7. The minimum absolute atomic E-state index is 0.0959. The van der Waals surface area contributed by atoms with Gasteiger partial charge in [0, 0.05) is 25.1 Å². The van der Waals surface area contributed by atoms with E-state index in [2.05, 4.69) is 10.3 Å². The molecule has 34 heavy (non-hydrogen) atoms. The normalized spacial score (nSPS) is 13.6. The Kier molecular flexibility index (Phi) is 9.05. The molecular formula is C24H28F2N2O6. The number of ether oxygens (including phenoxy) is 3. The molecule has 0 unspecified atom stereocenters. The van der Waals surface area contributed by atoms with Gasteiger partial charge in [0.05, 0.1) is 7.11 Å². The minimum Gasteiger partial charge on any atom is -0.493 e. The van der Waals surface area contributed by atoms with Gasteiger partial charge in [0.1, 0.15) is 23.8 Å². The van der Waals surface area contributed by atoms with E-state index in [9.17, 15) is 23.2 Å². The molecule has 0 aliphatic heterocycles. The molecule has 3 atom stereocenters. The van der Waals surface area contributed by atoms with Crippen LogP contribution in [0.15, 0.2) is 30.5 Å². The molecule has 184 valence electrons. The van der Waals surface area contributed by atoms with E-state index >= 15 is 0 Å². The van der Waals surface area contributed by atoms with Gasteiger partial charge in [0.25, 0.3) is 5.91 Å². The highest BCUT2D eigenvalue weighted by Gasteiger charge is 2.31. The van der Waals surface area contributed by atoms with Crippen LogP contribution < -0.4 is 14.8 Å². The Morgan fingerprint density at radius 3 is 2.32 bits per heavy atom. The molecule has 2 rings (SSSR count). The van der Waals surface area contributed by atoms with Crippen LogP contribution in [0, 0.1) is 17.6 Å². The summed E-state index contributed by atoms with van der Waals surface area (Å²) >= 11 is 0. The molecule has 0 aliphatic rings. The smallest absolute Gasteiger partial charge is 0.328 e. The summed E-state index contributed by atoms with van der Waals surface area (Å²) in [6, 6.07) is 3.41. The number of amides is 1. The number of aromatic nitrogens is 1. The Balaban J connectivity index is 2.17. The van der Waals surface area contributed by atoms with Crippen molar-refractivity contribution >= 4 is 17.8 Å². The van der Waals surface area contributed by atoms with Crippen LogP contribution in [0.5, 0.6) is 11.5 Å². The summed E-state index contributed by atoms with van der Waals surface area (Å²) in [5.74, 6) is -4.38. The fourth-order valence-electron chi connectivity index (χ4n) is 3.60. The second kappa shape index (κ2) is 11.5. The number of halogens is 2. The third-order valence-electron chi connectivity index (χ3n) is 5.09. The highest BCUT2D eigenvalue weighted by Crippen LogP contribution is 2.32. The van der Waals surface area contributed by atoms with Crippen molar-refractivity contribution < 1.29 is 37.4 Å². The lowest BCUT2D eigenvalue weighted by atomic mass is 9.84. The van der Waals surface area contributed by atoms with Crippen LogP contribution in [-0.4, -0.2) is 42.1 Å². The molecule has 0 bridgehead atoms. The van der Waals surface area contributed by atoms with E-state index in [0.29, 0.717) is 0 Å². The Morgan fingerprint density at radius 2 is 1.74 bits per heavy atom. The van der Waals surface area contributed by atoms with Crippen LogP contribution in [-0.2, 0) is 14.3 Å². The van der Waals surface area contributed by atoms with Crippen molar-refractivity contribution in [3.05, 3.63) is 53.4 Å². The standard InChI is InChI=1S/C24H28F2N2O6/c1-12(2)20(17-11-16(25)7-8-18(17)26)14(4)33-24(31)13(3)28-23(30)21-22(34-15(5)29)19(32-6)9-10-27-21/h7-14,20H,1-6H3,(H,28,30)/t13-,14-,20+/m0/s1. The molecule has 0 saturated carbocycles.